The van der Waals surface area contributed by atoms with Gasteiger partial charge in [0.2, 0.25) is 0 Å². The minimum absolute atomic E-state index is 0.342. The second-order valence-corrected chi connectivity index (χ2v) is 9.45. The summed E-state index contributed by atoms with van der Waals surface area (Å²) in [6.45, 7) is 1.92. The standard InChI is InChI=1S/C34H25N3O3/c1-22-10-9-15-25(20-22)34(39)40-29-17-8-6-14-26(29)21-35-37-33(38)32-30(24-12-3-2-4-13-24)28-19-18-23-11-5-7-16-27(23)31(28)36-32/h2-21,36H,1H3,(H,37,38). The summed E-state index contributed by atoms with van der Waals surface area (Å²) in [5, 5.41) is 7.27. The van der Waals surface area contributed by atoms with Crippen molar-refractivity contribution in [3.8, 4) is 16.9 Å². The van der Waals surface area contributed by atoms with Crippen LogP contribution in [0.3, 0.4) is 0 Å². The fourth-order valence-electron chi connectivity index (χ4n) is 4.84. The molecule has 2 N–H and O–H groups in total. The summed E-state index contributed by atoms with van der Waals surface area (Å²) in [4.78, 5) is 29.5. The quantitative estimate of drug-likeness (QED) is 0.104. The molecule has 6 heteroatoms. The average molecular weight is 524 g/mol. The van der Waals surface area contributed by atoms with E-state index < -0.39 is 5.97 Å². The zero-order valence-corrected chi connectivity index (χ0v) is 21.7. The lowest BCUT2D eigenvalue weighted by molar-refractivity contribution is 0.0734. The molecule has 1 heterocycles. The van der Waals surface area contributed by atoms with E-state index in [0.29, 0.717) is 22.6 Å². The topological polar surface area (TPSA) is 83.5 Å². The number of hydrogen-bond donors (Lipinski definition) is 2. The van der Waals surface area contributed by atoms with Crippen LogP contribution in [0.4, 0.5) is 0 Å². The highest BCUT2D eigenvalue weighted by Gasteiger charge is 2.20. The summed E-state index contributed by atoms with van der Waals surface area (Å²) in [7, 11) is 0. The number of carbonyl (C=O) groups excluding carboxylic acids is 2. The minimum atomic E-state index is -0.466. The maximum Gasteiger partial charge on any atom is 0.343 e. The van der Waals surface area contributed by atoms with Crippen LogP contribution in [0, 0.1) is 6.92 Å². The van der Waals surface area contributed by atoms with Crippen molar-refractivity contribution in [2.75, 3.05) is 0 Å². The number of aromatic amines is 1. The minimum Gasteiger partial charge on any atom is -0.422 e. The number of aryl methyl sites for hydroxylation is 1. The number of H-pyrrole nitrogens is 1. The molecule has 0 aliphatic carbocycles. The van der Waals surface area contributed by atoms with Crippen molar-refractivity contribution in [2.45, 2.75) is 6.92 Å². The Kier molecular flexibility index (Phi) is 6.65. The van der Waals surface area contributed by atoms with E-state index in [1.165, 1.54) is 6.21 Å². The van der Waals surface area contributed by atoms with Gasteiger partial charge in [0.25, 0.3) is 5.91 Å². The molecule has 0 radical (unpaired) electrons. The molecule has 0 bridgehead atoms. The van der Waals surface area contributed by atoms with Crippen molar-refractivity contribution in [1.29, 1.82) is 0 Å². The maximum atomic E-state index is 13.5. The summed E-state index contributed by atoms with van der Waals surface area (Å²) in [6.07, 6.45) is 1.47. The first kappa shape index (κ1) is 24.8. The van der Waals surface area contributed by atoms with E-state index in [-0.39, 0.29) is 5.91 Å². The highest BCUT2D eigenvalue weighted by molar-refractivity contribution is 6.16. The van der Waals surface area contributed by atoms with Crippen LogP contribution in [0.15, 0.2) is 120 Å². The second kappa shape index (κ2) is 10.7. The van der Waals surface area contributed by atoms with E-state index in [1.54, 1.807) is 30.3 Å². The number of ether oxygens (including phenoxy) is 1. The zero-order chi connectivity index (χ0) is 27.5. The Balaban J connectivity index is 1.30. The number of aromatic nitrogens is 1. The van der Waals surface area contributed by atoms with Gasteiger partial charge in [-0.1, -0.05) is 96.6 Å². The number of fused-ring (bicyclic) bond motifs is 3. The van der Waals surface area contributed by atoms with Crippen LogP contribution >= 0.6 is 0 Å². The van der Waals surface area contributed by atoms with Crippen LogP contribution in [0.25, 0.3) is 32.8 Å². The van der Waals surface area contributed by atoms with Gasteiger partial charge in [-0.3, -0.25) is 4.79 Å². The lowest BCUT2D eigenvalue weighted by Gasteiger charge is -2.08. The molecule has 6 aromatic rings. The van der Waals surface area contributed by atoms with E-state index in [2.05, 4.69) is 21.6 Å². The van der Waals surface area contributed by atoms with Gasteiger partial charge in [-0.25, -0.2) is 10.2 Å². The van der Waals surface area contributed by atoms with Gasteiger partial charge in [-0.15, -0.1) is 0 Å². The molecule has 0 spiro atoms. The molecule has 0 aliphatic heterocycles. The van der Waals surface area contributed by atoms with E-state index in [4.69, 9.17) is 4.74 Å². The second-order valence-electron chi connectivity index (χ2n) is 9.45. The molecule has 0 atom stereocenters. The van der Waals surface area contributed by atoms with Crippen molar-refractivity contribution in [3.05, 3.63) is 138 Å². The van der Waals surface area contributed by atoms with Crippen molar-refractivity contribution in [2.24, 2.45) is 5.10 Å². The molecule has 6 rings (SSSR count). The summed E-state index contributed by atoms with van der Waals surface area (Å²) in [5.41, 5.74) is 7.65. The molecule has 5 aromatic carbocycles. The molecular formula is C34H25N3O3. The summed E-state index contributed by atoms with van der Waals surface area (Å²) >= 11 is 0. The normalized spacial score (nSPS) is 11.2. The van der Waals surface area contributed by atoms with E-state index in [1.807, 2.05) is 85.8 Å². The summed E-state index contributed by atoms with van der Waals surface area (Å²) in [6, 6.07) is 36.2. The SMILES string of the molecule is Cc1cccc(C(=O)Oc2ccccc2C=NNC(=O)c2[nH]c3c(ccc4ccccc43)c2-c2ccccc2)c1. The number of para-hydroxylation sites is 1. The highest BCUT2D eigenvalue weighted by atomic mass is 16.5. The first-order valence-electron chi connectivity index (χ1n) is 12.9. The molecule has 194 valence electrons. The maximum absolute atomic E-state index is 13.5. The molecule has 1 aromatic heterocycles. The van der Waals surface area contributed by atoms with Gasteiger partial charge in [0.1, 0.15) is 11.4 Å². The lowest BCUT2D eigenvalue weighted by atomic mass is 9.99. The third-order valence-electron chi connectivity index (χ3n) is 6.73. The van der Waals surface area contributed by atoms with Crippen molar-refractivity contribution in [3.63, 3.8) is 0 Å². The van der Waals surface area contributed by atoms with Gasteiger partial charge in [0.05, 0.1) is 17.3 Å². The molecule has 6 nitrogen and oxygen atoms in total. The monoisotopic (exact) mass is 523 g/mol. The Hall–Kier alpha value is -5.49. The Morgan fingerprint density at radius 1 is 0.800 bits per heavy atom. The summed E-state index contributed by atoms with van der Waals surface area (Å²) < 4.78 is 5.64. The third-order valence-corrected chi connectivity index (χ3v) is 6.73. The van der Waals surface area contributed by atoms with Crippen LogP contribution < -0.4 is 10.2 Å². The highest BCUT2D eigenvalue weighted by Crippen LogP contribution is 2.36. The number of rotatable bonds is 6. The Morgan fingerprint density at radius 3 is 2.42 bits per heavy atom. The molecule has 1 amide bonds. The van der Waals surface area contributed by atoms with Crippen LogP contribution in [0.1, 0.15) is 32.0 Å². The van der Waals surface area contributed by atoms with Crippen molar-refractivity contribution in [1.82, 2.24) is 10.4 Å². The largest absolute Gasteiger partial charge is 0.422 e. The first-order valence-corrected chi connectivity index (χ1v) is 12.9. The smallest absolute Gasteiger partial charge is 0.343 e. The number of esters is 1. The van der Waals surface area contributed by atoms with E-state index in [0.717, 1.165) is 38.4 Å². The lowest BCUT2D eigenvalue weighted by Crippen LogP contribution is -2.19. The molecule has 0 saturated carbocycles. The van der Waals surface area contributed by atoms with Gasteiger partial charge >= 0.3 is 5.97 Å². The first-order chi connectivity index (χ1) is 19.6. The van der Waals surface area contributed by atoms with Gasteiger partial charge in [0.15, 0.2) is 0 Å². The average Bonchev–Trinajstić information content (AvgIpc) is 3.39. The molecule has 0 saturated heterocycles. The van der Waals surface area contributed by atoms with Crippen molar-refractivity contribution >= 4 is 39.8 Å². The fourth-order valence-corrected chi connectivity index (χ4v) is 4.84. The predicted molar refractivity (Wildman–Crippen MR) is 159 cm³/mol. The van der Waals surface area contributed by atoms with E-state index in [9.17, 15) is 9.59 Å². The molecule has 40 heavy (non-hydrogen) atoms. The number of nitrogens with one attached hydrogen (secondary N) is 2. The Bertz CT molecular complexity index is 1910. The van der Waals surface area contributed by atoms with Crippen LogP contribution in [0.5, 0.6) is 5.75 Å². The van der Waals surface area contributed by atoms with Crippen LogP contribution in [0.2, 0.25) is 0 Å². The molecule has 0 unspecified atom stereocenters. The fraction of sp³-hybridized carbons (Fsp3) is 0.0294. The Labute approximate surface area is 230 Å². The van der Waals surface area contributed by atoms with Gasteiger partial charge in [-0.2, -0.15) is 5.10 Å². The zero-order valence-electron chi connectivity index (χ0n) is 21.7. The van der Waals surface area contributed by atoms with Crippen LogP contribution in [-0.2, 0) is 0 Å². The van der Waals surface area contributed by atoms with Gasteiger partial charge < -0.3 is 9.72 Å². The number of carbonyl (C=O) groups is 2. The third kappa shape index (κ3) is 4.86. The summed E-state index contributed by atoms with van der Waals surface area (Å²) in [5.74, 6) is -0.509. The molecule has 0 aliphatic rings. The predicted octanol–water partition coefficient (Wildman–Crippen LogP) is 7.28. The van der Waals surface area contributed by atoms with Crippen LogP contribution in [-0.4, -0.2) is 23.1 Å². The number of amides is 1. The number of nitrogens with zero attached hydrogens (tertiary/aromatic N) is 1. The number of hydrogen-bond acceptors (Lipinski definition) is 4. The Morgan fingerprint density at radius 2 is 1.57 bits per heavy atom. The van der Waals surface area contributed by atoms with Gasteiger partial charge in [-0.05, 0) is 42.1 Å². The molecule has 0 fully saturated rings. The number of hydrazone groups is 1. The van der Waals surface area contributed by atoms with E-state index >= 15 is 0 Å². The van der Waals surface area contributed by atoms with Gasteiger partial charge in [0, 0.05) is 21.9 Å². The number of benzene rings is 5. The van der Waals surface area contributed by atoms with Crippen molar-refractivity contribution < 1.29 is 14.3 Å². The molecular weight excluding hydrogens is 498 g/mol.